The Hall–Kier alpha value is 1.15. The molecule has 3 rings (SSSR count). The molecule has 3 atom stereocenters. The standard InChI is InChI=1S/3C5H8S.Bi/c3*6-5-3-1-2-4-5;/h3*1,3,5-6H,2,4H2;/q;;;+3/p-3. The minimum atomic E-state index is -1.50. The molecule has 3 aliphatic rings. The molecule has 4 heteroatoms. The fourth-order valence-corrected chi connectivity index (χ4v) is 41.6. The van der Waals surface area contributed by atoms with Gasteiger partial charge in [0, 0.05) is 0 Å². The number of hydrogen-bond donors (Lipinski definition) is 0. The van der Waals surface area contributed by atoms with Crippen LogP contribution in [-0.2, 0) is 0 Å². The van der Waals surface area contributed by atoms with Crippen LogP contribution in [0.15, 0.2) is 36.5 Å². The Morgan fingerprint density at radius 3 is 1.26 bits per heavy atom. The molecule has 0 fully saturated rings. The zero-order valence-corrected chi connectivity index (χ0v) is 17.0. The van der Waals surface area contributed by atoms with Gasteiger partial charge in [0.25, 0.3) is 0 Å². The molecular weight excluding hydrogens is 485 g/mol. The predicted octanol–water partition coefficient (Wildman–Crippen LogP) is 5.33. The predicted molar refractivity (Wildman–Crippen MR) is 95.0 cm³/mol. The van der Waals surface area contributed by atoms with Gasteiger partial charge in [-0.05, 0) is 0 Å². The van der Waals surface area contributed by atoms with Crippen LogP contribution < -0.4 is 0 Å². The molecule has 0 bridgehead atoms. The van der Waals surface area contributed by atoms with Crippen LogP contribution in [0.4, 0.5) is 0 Å². The van der Waals surface area contributed by atoms with Crippen molar-refractivity contribution in [1.82, 2.24) is 0 Å². The van der Waals surface area contributed by atoms with Crippen molar-refractivity contribution in [1.29, 1.82) is 0 Å². The number of hydrogen-bond acceptors (Lipinski definition) is 3. The molecule has 0 nitrogen and oxygen atoms in total. The van der Waals surface area contributed by atoms with E-state index in [1.54, 1.807) is 0 Å². The quantitative estimate of drug-likeness (QED) is 0.353. The maximum atomic E-state index is 2.48. The first-order valence-corrected chi connectivity index (χ1v) is 22.5. The first kappa shape index (κ1) is 15.1. The molecule has 0 N–H and O–H groups in total. The third-order valence-corrected chi connectivity index (χ3v) is 35.2. The fourth-order valence-electron chi connectivity index (χ4n) is 2.48. The Bertz CT molecular complexity index is 321. The van der Waals surface area contributed by atoms with Gasteiger partial charge < -0.3 is 0 Å². The zero-order chi connectivity index (χ0) is 12.9. The Morgan fingerprint density at radius 1 is 0.632 bits per heavy atom. The van der Waals surface area contributed by atoms with Gasteiger partial charge in [0.15, 0.2) is 0 Å². The third-order valence-electron chi connectivity index (χ3n) is 3.57. The van der Waals surface area contributed by atoms with Crippen molar-refractivity contribution < 1.29 is 0 Å². The summed E-state index contributed by atoms with van der Waals surface area (Å²) >= 11 is -1.50. The van der Waals surface area contributed by atoms with Crippen LogP contribution in [0.5, 0.6) is 0 Å². The van der Waals surface area contributed by atoms with Gasteiger partial charge in [-0.15, -0.1) is 0 Å². The second kappa shape index (κ2) is 7.96. The topological polar surface area (TPSA) is 0 Å². The van der Waals surface area contributed by atoms with Gasteiger partial charge in [-0.25, -0.2) is 0 Å². The van der Waals surface area contributed by atoms with Crippen LogP contribution in [0.3, 0.4) is 0 Å². The van der Waals surface area contributed by atoms with E-state index in [-0.39, 0.29) is 0 Å². The summed E-state index contributed by atoms with van der Waals surface area (Å²) in [6.07, 6.45) is 22.7. The third kappa shape index (κ3) is 4.83. The molecular formula is C15H21BiS3. The molecule has 0 saturated heterocycles. The van der Waals surface area contributed by atoms with Gasteiger partial charge >= 0.3 is 134 Å². The van der Waals surface area contributed by atoms with Crippen molar-refractivity contribution >= 4 is 42.9 Å². The molecule has 0 aromatic carbocycles. The number of rotatable bonds is 6. The van der Waals surface area contributed by atoms with Crippen LogP contribution >= 0.6 is 25.6 Å². The van der Waals surface area contributed by atoms with E-state index in [0.29, 0.717) is 0 Å². The van der Waals surface area contributed by atoms with E-state index in [2.05, 4.69) is 62.0 Å². The summed E-state index contributed by atoms with van der Waals surface area (Å²) < 4.78 is 0. The normalized spacial score (nSPS) is 33.0. The monoisotopic (exact) mass is 506 g/mol. The van der Waals surface area contributed by atoms with E-state index < -0.39 is 17.4 Å². The molecule has 19 heavy (non-hydrogen) atoms. The van der Waals surface area contributed by atoms with Crippen LogP contribution in [0.2, 0.25) is 0 Å². The molecule has 0 amide bonds. The van der Waals surface area contributed by atoms with Crippen molar-refractivity contribution in [3.63, 3.8) is 0 Å². The maximum absolute atomic E-state index is 2.48. The Balaban J connectivity index is 1.54. The van der Waals surface area contributed by atoms with Crippen LogP contribution in [-0.4, -0.2) is 33.1 Å². The van der Waals surface area contributed by atoms with Crippen molar-refractivity contribution in [3.05, 3.63) is 36.5 Å². The summed E-state index contributed by atoms with van der Waals surface area (Å²) in [6, 6.07) is 0. The number of allylic oxidation sites excluding steroid dienone is 3. The van der Waals surface area contributed by atoms with Gasteiger partial charge in [-0.1, -0.05) is 0 Å². The Morgan fingerprint density at radius 2 is 1.00 bits per heavy atom. The molecule has 0 aromatic heterocycles. The fraction of sp³-hybridized carbons (Fsp3) is 0.600. The SMILES string of the molecule is C1=CC([S][Bi]([S]C2C=CCC2)[S]C2C=CCC2)CC1. The van der Waals surface area contributed by atoms with Gasteiger partial charge in [0.05, 0.1) is 0 Å². The van der Waals surface area contributed by atoms with Gasteiger partial charge in [0.2, 0.25) is 0 Å². The zero-order valence-electron chi connectivity index (χ0n) is 11.1. The van der Waals surface area contributed by atoms with Gasteiger partial charge in [-0.2, -0.15) is 0 Å². The average Bonchev–Trinajstić information content (AvgIpc) is 3.10. The summed E-state index contributed by atoms with van der Waals surface area (Å²) in [6.45, 7) is 0. The molecule has 0 radical (unpaired) electrons. The summed E-state index contributed by atoms with van der Waals surface area (Å²) in [5, 5.41) is 2.57. The summed E-state index contributed by atoms with van der Waals surface area (Å²) in [4.78, 5) is 0. The van der Waals surface area contributed by atoms with E-state index >= 15 is 0 Å². The molecule has 0 aliphatic heterocycles. The van der Waals surface area contributed by atoms with Gasteiger partial charge in [0.1, 0.15) is 0 Å². The van der Waals surface area contributed by atoms with E-state index in [1.165, 1.54) is 38.5 Å². The molecule has 104 valence electrons. The van der Waals surface area contributed by atoms with E-state index in [4.69, 9.17) is 0 Å². The van der Waals surface area contributed by atoms with Crippen LogP contribution in [0.1, 0.15) is 38.5 Å². The molecule has 0 heterocycles. The second-order valence-corrected chi connectivity index (χ2v) is 32.4. The second-order valence-electron chi connectivity index (χ2n) is 5.17. The van der Waals surface area contributed by atoms with Gasteiger partial charge in [-0.3, -0.25) is 0 Å². The average molecular weight is 507 g/mol. The van der Waals surface area contributed by atoms with Crippen molar-refractivity contribution in [2.45, 2.75) is 54.3 Å². The Kier molecular flexibility index (Phi) is 6.31. The van der Waals surface area contributed by atoms with Crippen LogP contribution in [0, 0.1) is 0 Å². The van der Waals surface area contributed by atoms with Crippen LogP contribution in [0.25, 0.3) is 0 Å². The Labute approximate surface area is 132 Å². The summed E-state index contributed by atoms with van der Waals surface area (Å²) in [5.74, 6) is 0. The molecule has 0 aromatic rings. The summed E-state index contributed by atoms with van der Waals surface area (Å²) in [5.41, 5.74) is 0. The van der Waals surface area contributed by atoms with Crippen molar-refractivity contribution in [2.24, 2.45) is 0 Å². The molecule has 3 unspecified atom stereocenters. The van der Waals surface area contributed by atoms with Crippen molar-refractivity contribution in [2.75, 3.05) is 0 Å². The summed E-state index contributed by atoms with van der Waals surface area (Å²) in [7, 11) is 7.20. The van der Waals surface area contributed by atoms with E-state index in [9.17, 15) is 0 Å². The first-order valence-electron chi connectivity index (χ1n) is 7.20. The first-order chi connectivity index (χ1) is 9.40. The van der Waals surface area contributed by atoms with Crippen molar-refractivity contribution in [3.8, 4) is 0 Å². The van der Waals surface area contributed by atoms with E-state index in [1.807, 2.05) is 0 Å². The minimum absolute atomic E-state index is 0.855. The molecule has 0 saturated carbocycles. The molecule has 0 spiro atoms. The molecule has 3 aliphatic carbocycles. The van der Waals surface area contributed by atoms with E-state index in [0.717, 1.165) is 15.7 Å².